The van der Waals surface area contributed by atoms with E-state index in [1.54, 1.807) is 114 Å². The third-order valence-corrected chi connectivity index (χ3v) is 13.2. The number of rotatable bonds is 14. The first-order valence-electron chi connectivity index (χ1n) is 25.0. The minimum atomic E-state index is -0.981. The van der Waals surface area contributed by atoms with E-state index in [-0.39, 0.29) is 29.1 Å². The fourth-order valence-corrected chi connectivity index (χ4v) is 8.43. The first kappa shape index (κ1) is 60.3. The molecule has 0 atom stereocenters. The number of hydrogen-bond acceptors (Lipinski definition) is 15. The van der Waals surface area contributed by atoms with Crippen LogP contribution in [0.3, 0.4) is 0 Å². The van der Waals surface area contributed by atoms with Crippen LogP contribution in [0.4, 0.5) is 5.69 Å². The van der Waals surface area contributed by atoms with Crippen LogP contribution < -0.4 is 16.4 Å². The molecule has 0 saturated carbocycles. The molecule has 2 amide bonds. The number of aromatic nitrogens is 9. The van der Waals surface area contributed by atoms with Crippen LogP contribution in [0.1, 0.15) is 115 Å². The average Bonchev–Trinajstić information content (AvgIpc) is 4.36. The lowest BCUT2D eigenvalue weighted by Gasteiger charge is -2.09. The Morgan fingerprint density at radius 1 is 0.543 bits per heavy atom. The lowest BCUT2D eigenvalue weighted by Crippen LogP contribution is -2.18. The number of nitrogens with zero attached hydrogens (tertiary/aromatic N) is 9. The number of carbonyl (C=O) groups excluding carboxylic acids is 5. The number of carboxylic acid groups (broad SMARTS) is 1. The number of halogens is 1. The second-order valence-electron chi connectivity index (χ2n) is 17.6. The van der Waals surface area contributed by atoms with Gasteiger partial charge in [0.25, 0.3) is 11.8 Å². The third kappa shape index (κ3) is 15.2. The Hall–Kier alpha value is -9.96. The highest BCUT2D eigenvalue weighted by molar-refractivity contribution is 9.10. The van der Waals surface area contributed by atoms with Gasteiger partial charge < -0.3 is 30.9 Å². The first-order chi connectivity index (χ1) is 38.9. The number of methoxy groups -OCH3 is 2. The zero-order chi connectivity index (χ0) is 58.8. The Morgan fingerprint density at radius 3 is 1.38 bits per heavy atom. The van der Waals surface area contributed by atoms with Crippen LogP contribution in [0, 0.1) is 20.8 Å². The van der Waals surface area contributed by atoms with E-state index in [9.17, 15) is 33.9 Å². The summed E-state index contributed by atoms with van der Waals surface area (Å²) in [5, 5.41) is 27.6. The number of nitrogens with two attached hydrogens (primary N) is 1. The molecule has 0 aliphatic heterocycles. The van der Waals surface area contributed by atoms with Gasteiger partial charge in [0, 0.05) is 98.6 Å². The summed E-state index contributed by atoms with van der Waals surface area (Å²) in [5.41, 5.74) is 17.8. The van der Waals surface area contributed by atoms with E-state index in [2.05, 4.69) is 61.5 Å². The van der Waals surface area contributed by atoms with Gasteiger partial charge in [-0.15, -0.1) is 0 Å². The highest BCUT2D eigenvalue weighted by atomic mass is 79.9. The van der Waals surface area contributed by atoms with E-state index >= 15 is 0 Å². The van der Waals surface area contributed by atoms with Crippen LogP contribution in [0.15, 0.2) is 151 Å². The zero-order valence-corrected chi connectivity index (χ0v) is 47.3. The van der Waals surface area contributed by atoms with Gasteiger partial charge >= 0.3 is 17.9 Å². The molecule has 9 rings (SSSR count). The molecular weight excluding hydrogens is 1100 g/mol. The molecule has 6 aromatic heterocycles. The molecular formula is C59H59BrN12O9. The third-order valence-electron chi connectivity index (χ3n) is 12.5. The summed E-state index contributed by atoms with van der Waals surface area (Å²) in [7, 11) is 5.88. The topological polar surface area (TPSA) is 283 Å². The molecule has 0 aliphatic rings. The van der Waals surface area contributed by atoms with Crippen molar-refractivity contribution in [3.05, 3.63) is 224 Å². The summed E-state index contributed by atoms with van der Waals surface area (Å²) in [6.07, 6.45) is 15.8. The maximum absolute atomic E-state index is 12.0. The van der Waals surface area contributed by atoms with Crippen molar-refractivity contribution in [1.82, 2.24) is 54.9 Å². The zero-order valence-electron chi connectivity index (χ0n) is 45.7. The second-order valence-corrected chi connectivity index (χ2v) is 18.4. The molecule has 9 aromatic rings. The van der Waals surface area contributed by atoms with Gasteiger partial charge in [0.15, 0.2) is 5.78 Å². The molecule has 0 saturated heterocycles. The number of aromatic carboxylic acids is 1. The van der Waals surface area contributed by atoms with Gasteiger partial charge in [-0.25, -0.2) is 28.4 Å². The van der Waals surface area contributed by atoms with Crippen LogP contribution in [0.25, 0.3) is 17.1 Å². The minimum absolute atomic E-state index is 0.129. The number of esters is 2. The van der Waals surface area contributed by atoms with Crippen molar-refractivity contribution in [3.8, 4) is 17.1 Å². The summed E-state index contributed by atoms with van der Waals surface area (Å²) >= 11 is 3.17. The fourth-order valence-electron chi connectivity index (χ4n) is 8.01. The smallest absolute Gasteiger partial charge is 0.339 e. The molecule has 22 heteroatoms. The second kappa shape index (κ2) is 28.6. The lowest BCUT2D eigenvalue weighted by atomic mass is 10.0. The number of anilines is 1. The van der Waals surface area contributed by atoms with E-state index in [1.807, 2.05) is 70.2 Å². The SMILES string of the molecule is CCC(=O)c1cccc(-n2ncc(N)c2C)c1.CNC(=O)c1cccc(-n2ncc(Cc3cnccc3C(=O)O)c2C)c1.CNC(=O)c1cccc(-n2ncc(Cc3cnccc3C(=O)OC)c2C)c1.COC(=O)c1ccncc1Br. The van der Waals surface area contributed by atoms with Crippen LogP contribution in [0.2, 0.25) is 0 Å². The van der Waals surface area contributed by atoms with Gasteiger partial charge in [-0.05, 0) is 126 Å². The lowest BCUT2D eigenvalue weighted by molar-refractivity contribution is 0.0590. The molecule has 0 spiro atoms. The Balaban J connectivity index is 0.000000182. The van der Waals surface area contributed by atoms with Crippen LogP contribution >= 0.6 is 15.9 Å². The maximum atomic E-state index is 12.0. The fraction of sp³-hybridized carbons (Fsp3) is 0.186. The van der Waals surface area contributed by atoms with Crippen molar-refractivity contribution in [2.45, 2.75) is 47.0 Å². The molecule has 6 heterocycles. The number of benzene rings is 3. The number of carbonyl (C=O) groups is 6. The van der Waals surface area contributed by atoms with Crippen LogP contribution in [-0.2, 0) is 22.3 Å². The van der Waals surface area contributed by atoms with Crippen molar-refractivity contribution >= 4 is 57.1 Å². The number of amides is 2. The highest BCUT2D eigenvalue weighted by Crippen LogP contribution is 2.23. The molecule has 5 N–H and O–H groups in total. The number of nitrogens with one attached hydrogen (secondary N) is 2. The number of ketones is 1. The number of nitrogen functional groups attached to an aromatic ring is 1. The van der Waals surface area contributed by atoms with Crippen LogP contribution in [0.5, 0.6) is 0 Å². The predicted molar refractivity (Wildman–Crippen MR) is 306 cm³/mol. The van der Waals surface area contributed by atoms with Crippen molar-refractivity contribution < 1.29 is 43.3 Å². The predicted octanol–water partition coefficient (Wildman–Crippen LogP) is 8.52. The molecule has 0 aliphatic carbocycles. The molecule has 3 aromatic carbocycles. The Morgan fingerprint density at radius 2 is 0.951 bits per heavy atom. The number of pyridine rings is 3. The Labute approximate surface area is 475 Å². The average molecular weight is 1160 g/mol. The molecule has 81 heavy (non-hydrogen) atoms. The van der Waals surface area contributed by atoms with Gasteiger partial charge in [0.05, 0.1) is 82.4 Å². The largest absolute Gasteiger partial charge is 0.478 e. The van der Waals surface area contributed by atoms with E-state index in [0.717, 1.165) is 50.8 Å². The summed E-state index contributed by atoms with van der Waals surface area (Å²) in [4.78, 5) is 81.5. The summed E-state index contributed by atoms with van der Waals surface area (Å²) in [6, 6.07) is 26.5. The van der Waals surface area contributed by atoms with Gasteiger partial charge in [-0.3, -0.25) is 29.3 Å². The standard InChI is InChI=1S/C20H20N4O3.C19H18N4O3.C13H15N3O.C7H6BrNO2/c1-13-15(9-16-11-22-8-7-18(16)20(26)27-3)12-23-24(13)17-6-4-5-14(10-17)19(25)21-2;1-12-14(8-15-10-21-7-6-17(15)19(25)26)11-22-23(12)16-5-3-4-13(9-16)18(24)20-2;1-3-13(17)10-5-4-6-11(7-10)16-9(2)12(14)8-15-16;1-11-7(10)5-2-3-9-4-6(5)8/h4-8,10-12H,9H2,1-3H3,(H,21,25);3-7,9-11H,8H2,1-2H3,(H,20,24)(H,25,26);4-8H,3,14H2,1-2H3;2-4H,1H3. The molecule has 0 bridgehead atoms. The molecule has 0 radical (unpaired) electrons. The van der Waals surface area contributed by atoms with Gasteiger partial charge in [-0.1, -0.05) is 31.2 Å². The number of Topliss-reactive ketones (excluding diaryl/α,β-unsaturated/α-hetero) is 1. The van der Waals surface area contributed by atoms with E-state index in [0.29, 0.717) is 62.8 Å². The van der Waals surface area contributed by atoms with Gasteiger partial charge in [-0.2, -0.15) is 15.3 Å². The van der Waals surface area contributed by atoms with Crippen molar-refractivity contribution in [2.24, 2.45) is 0 Å². The number of carboxylic acids is 1. The molecule has 0 unspecified atom stereocenters. The summed E-state index contributed by atoms with van der Waals surface area (Å²) in [6.45, 7) is 7.61. The van der Waals surface area contributed by atoms with Crippen molar-refractivity contribution in [1.29, 1.82) is 0 Å². The summed E-state index contributed by atoms with van der Waals surface area (Å²) in [5.74, 6) is -1.93. The van der Waals surface area contributed by atoms with Crippen LogP contribution in [-0.4, -0.2) is 113 Å². The first-order valence-corrected chi connectivity index (χ1v) is 25.7. The molecule has 21 nitrogen and oxygen atoms in total. The number of hydrogen-bond donors (Lipinski definition) is 4. The monoisotopic (exact) mass is 1160 g/mol. The van der Waals surface area contributed by atoms with Crippen molar-refractivity contribution in [2.75, 3.05) is 34.0 Å². The normalized spacial score (nSPS) is 10.3. The quantitative estimate of drug-likeness (QED) is 0.0586. The highest BCUT2D eigenvalue weighted by Gasteiger charge is 2.18. The molecule has 0 fully saturated rings. The van der Waals surface area contributed by atoms with E-state index < -0.39 is 11.9 Å². The van der Waals surface area contributed by atoms with Gasteiger partial charge in [0.2, 0.25) is 0 Å². The van der Waals surface area contributed by atoms with E-state index in [4.69, 9.17) is 10.5 Å². The van der Waals surface area contributed by atoms with Gasteiger partial charge in [0.1, 0.15) is 0 Å². The summed E-state index contributed by atoms with van der Waals surface area (Å²) < 4.78 is 15.3. The minimum Gasteiger partial charge on any atom is -0.478 e. The Bertz CT molecular complexity index is 3720. The molecule has 416 valence electrons. The number of ether oxygens (including phenoxy) is 2. The van der Waals surface area contributed by atoms with Crippen molar-refractivity contribution in [3.63, 3.8) is 0 Å². The Kier molecular flexibility index (Phi) is 21.3. The van der Waals surface area contributed by atoms with E-state index in [1.165, 1.54) is 32.7 Å². The maximum Gasteiger partial charge on any atom is 0.339 e.